The molecule has 0 saturated heterocycles. The summed E-state index contributed by atoms with van der Waals surface area (Å²) in [5.74, 6) is 0.288. The number of carbonyl (C=O) groups is 2. The first-order valence-corrected chi connectivity index (χ1v) is 8.91. The van der Waals surface area contributed by atoms with Crippen molar-refractivity contribution in [3.8, 4) is 5.75 Å². The van der Waals surface area contributed by atoms with E-state index in [4.69, 9.17) is 4.74 Å². The molecule has 9 heteroatoms. The highest BCUT2D eigenvalue weighted by atomic mass is 32.2. The van der Waals surface area contributed by atoms with Gasteiger partial charge >= 0.3 is 5.97 Å². The van der Waals surface area contributed by atoms with Gasteiger partial charge in [-0.25, -0.2) is 0 Å². The van der Waals surface area contributed by atoms with Crippen LogP contribution < -0.4 is 10.1 Å². The average Bonchev–Trinajstić information content (AvgIpc) is 3.02. The smallest absolute Gasteiger partial charge is 0.316 e. The number of ether oxygens (including phenoxy) is 2. The van der Waals surface area contributed by atoms with Crippen LogP contribution in [0.1, 0.15) is 22.8 Å². The highest BCUT2D eigenvalue weighted by molar-refractivity contribution is 8.01. The van der Waals surface area contributed by atoms with E-state index in [0.29, 0.717) is 21.6 Å². The van der Waals surface area contributed by atoms with Crippen LogP contribution in [0.4, 0.5) is 5.13 Å². The van der Waals surface area contributed by atoms with Crippen LogP contribution in [0.5, 0.6) is 5.75 Å². The molecule has 0 aliphatic carbocycles. The zero-order chi connectivity index (χ0) is 17.5. The molecule has 1 amide bonds. The van der Waals surface area contributed by atoms with Gasteiger partial charge in [0.25, 0.3) is 5.91 Å². The third-order valence-electron chi connectivity index (χ3n) is 2.91. The average molecular weight is 367 g/mol. The van der Waals surface area contributed by atoms with E-state index in [2.05, 4.69) is 20.3 Å². The lowest BCUT2D eigenvalue weighted by atomic mass is 10.1. The van der Waals surface area contributed by atoms with Crippen molar-refractivity contribution in [3.63, 3.8) is 0 Å². The number of anilines is 1. The van der Waals surface area contributed by atoms with Crippen molar-refractivity contribution in [3.05, 3.63) is 29.3 Å². The summed E-state index contributed by atoms with van der Waals surface area (Å²) in [5, 5.41) is 10.9. The molecular weight excluding hydrogens is 350 g/mol. The van der Waals surface area contributed by atoms with Crippen LogP contribution in [-0.4, -0.2) is 41.5 Å². The van der Waals surface area contributed by atoms with Crippen molar-refractivity contribution in [2.24, 2.45) is 0 Å². The van der Waals surface area contributed by atoms with Crippen LogP contribution in [-0.2, 0) is 9.53 Å². The molecule has 0 spiro atoms. The molecular formula is C15H17N3O4S2. The van der Waals surface area contributed by atoms with E-state index in [-0.39, 0.29) is 17.6 Å². The molecule has 24 heavy (non-hydrogen) atoms. The van der Waals surface area contributed by atoms with E-state index in [1.165, 1.54) is 30.2 Å². The summed E-state index contributed by atoms with van der Waals surface area (Å²) in [4.78, 5) is 23.4. The van der Waals surface area contributed by atoms with Crippen molar-refractivity contribution in [2.45, 2.75) is 18.2 Å². The van der Waals surface area contributed by atoms with Crippen molar-refractivity contribution in [1.29, 1.82) is 0 Å². The van der Waals surface area contributed by atoms with Gasteiger partial charge in [-0.15, -0.1) is 10.2 Å². The van der Waals surface area contributed by atoms with Gasteiger partial charge in [-0.3, -0.25) is 14.9 Å². The molecule has 1 heterocycles. The van der Waals surface area contributed by atoms with E-state index < -0.39 is 0 Å². The zero-order valence-electron chi connectivity index (χ0n) is 13.5. The molecule has 1 aromatic heterocycles. The van der Waals surface area contributed by atoms with Crippen LogP contribution in [0.3, 0.4) is 0 Å². The van der Waals surface area contributed by atoms with Crippen LogP contribution in [0.2, 0.25) is 0 Å². The number of esters is 1. The largest absolute Gasteiger partial charge is 0.494 e. The molecule has 0 atom stereocenters. The van der Waals surface area contributed by atoms with Gasteiger partial charge < -0.3 is 9.47 Å². The molecule has 7 nitrogen and oxygen atoms in total. The number of nitrogens with one attached hydrogen (secondary N) is 1. The number of hydrogen-bond acceptors (Lipinski definition) is 8. The minimum atomic E-state index is -0.342. The Balaban J connectivity index is 1.98. The summed E-state index contributed by atoms with van der Waals surface area (Å²) in [7, 11) is 1.33. The monoisotopic (exact) mass is 367 g/mol. The third-order valence-corrected chi connectivity index (χ3v) is 4.85. The van der Waals surface area contributed by atoms with Crippen LogP contribution in [0.15, 0.2) is 22.5 Å². The molecule has 0 bridgehead atoms. The summed E-state index contributed by atoms with van der Waals surface area (Å²) >= 11 is 2.41. The summed E-state index contributed by atoms with van der Waals surface area (Å²) in [6, 6.07) is 5.22. The van der Waals surface area contributed by atoms with Crippen LogP contribution in [0.25, 0.3) is 0 Å². The summed E-state index contributed by atoms with van der Waals surface area (Å²) < 4.78 is 10.6. The molecule has 128 valence electrons. The van der Waals surface area contributed by atoms with Crippen molar-refractivity contribution in [1.82, 2.24) is 10.2 Å². The van der Waals surface area contributed by atoms with Gasteiger partial charge in [-0.05, 0) is 37.6 Å². The first-order valence-electron chi connectivity index (χ1n) is 7.11. The molecule has 0 saturated carbocycles. The summed E-state index contributed by atoms with van der Waals surface area (Å²) in [5.41, 5.74) is 1.39. The predicted molar refractivity (Wildman–Crippen MR) is 93.0 cm³/mol. The van der Waals surface area contributed by atoms with E-state index >= 15 is 0 Å². The third kappa shape index (κ3) is 4.93. The fourth-order valence-corrected chi connectivity index (χ4v) is 3.36. The minimum absolute atomic E-state index is 0.150. The number of carbonyl (C=O) groups excluding carboxylic acids is 2. The second kappa shape index (κ2) is 8.65. The molecule has 2 rings (SSSR count). The summed E-state index contributed by atoms with van der Waals surface area (Å²) in [6.45, 7) is 4.36. The Kier molecular flexibility index (Phi) is 6.56. The number of rotatable bonds is 7. The lowest BCUT2D eigenvalue weighted by Gasteiger charge is -2.08. The zero-order valence-corrected chi connectivity index (χ0v) is 15.1. The maximum atomic E-state index is 12.3. The van der Waals surface area contributed by atoms with E-state index in [1.807, 2.05) is 13.8 Å². The SMILES string of the molecule is CCOc1ccc(C(=O)Nc2nnc(SCC(=O)OC)s2)cc1C. The van der Waals surface area contributed by atoms with Crippen LogP contribution in [0, 0.1) is 6.92 Å². The van der Waals surface area contributed by atoms with Gasteiger partial charge in [0, 0.05) is 5.56 Å². The molecule has 2 aromatic rings. The standard InChI is InChI=1S/C15H17N3O4S2/c1-4-22-11-6-5-10(7-9(11)2)13(20)16-14-17-18-15(24-14)23-8-12(19)21-3/h5-7H,4,8H2,1-3H3,(H,16,17,20). The number of methoxy groups -OCH3 is 1. The molecule has 0 aliphatic heterocycles. The number of aryl methyl sites for hydroxylation is 1. The van der Waals surface area contributed by atoms with Gasteiger partial charge in [-0.2, -0.15) is 0 Å². The number of amides is 1. The quantitative estimate of drug-likeness (QED) is 0.457. The Labute approximate surface area is 147 Å². The van der Waals surface area contributed by atoms with Gasteiger partial charge in [0.05, 0.1) is 19.5 Å². The topological polar surface area (TPSA) is 90.4 Å². The summed E-state index contributed by atoms with van der Waals surface area (Å²) in [6.07, 6.45) is 0. The maximum absolute atomic E-state index is 12.3. The number of hydrogen-bond donors (Lipinski definition) is 1. The highest BCUT2D eigenvalue weighted by Crippen LogP contribution is 2.26. The molecule has 0 aliphatic rings. The maximum Gasteiger partial charge on any atom is 0.316 e. The number of aromatic nitrogens is 2. The first kappa shape index (κ1) is 18.2. The fraction of sp³-hybridized carbons (Fsp3) is 0.333. The Morgan fingerprint density at radius 2 is 2.12 bits per heavy atom. The minimum Gasteiger partial charge on any atom is -0.494 e. The van der Waals surface area contributed by atoms with Crippen molar-refractivity contribution < 1.29 is 19.1 Å². The number of thioether (sulfide) groups is 1. The lowest BCUT2D eigenvalue weighted by molar-refractivity contribution is -0.137. The van der Waals surface area contributed by atoms with Gasteiger partial charge in [0.2, 0.25) is 5.13 Å². The fourth-order valence-electron chi connectivity index (χ4n) is 1.78. The Morgan fingerprint density at radius 1 is 1.33 bits per heavy atom. The van der Waals surface area contributed by atoms with Gasteiger partial charge in [0.15, 0.2) is 4.34 Å². The van der Waals surface area contributed by atoms with Gasteiger partial charge in [0.1, 0.15) is 5.75 Å². The van der Waals surface area contributed by atoms with Crippen molar-refractivity contribution in [2.75, 3.05) is 24.8 Å². The highest BCUT2D eigenvalue weighted by Gasteiger charge is 2.13. The Bertz CT molecular complexity index is 733. The van der Waals surface area contributed by atoms with Crippen LogP contribution >= 0.6 is 23.1 Å². The molecule has 0 unspecified atom stereocenters. The second-order valence-corrected chi connectivity index (χ2v) is 6.81. The van der Waals surface area contributed by atoms with Gasteiger partial charge in [-0.1, -0.05) is 23.1 Å². The van der Waals surface area contributed by atoms with Crippen molar-refractivity contribution >= 4 is 40.1 Å². The van der Waals surface area contributed by atoms with E-state index in [1.54, 1.807) is 18.2 Å². The number of benzene rings is 1. The predicted octanol–water partition coefficient (Wildman–Crippen LogP) is 2.76. The Morgan fingerprint density at radius 3 is 2.79 bits per heavy atom. The first-order chi connectivity index (χ1) is 11.5. The normalized spacial score (nSPS) is 10.3. The molecule has 0 radical (unpaired) electrons. The Hall–Kier alpha value is -2.13. The second-order valence-electron chi connectivity index (χ2n) is 4.61. The van der Waals surface area contributed by atoms with E-state index in [9.17, 15) is 9.59 Å². The number of nitrogens with zero attached hydrogens (tertiary/aromatic N) is 2. The molecule has 0 fully saturated rings. The van der Waals surface area contributed by atoms with E-state index in [0.717, 1.165) is 11.3 Å². The molecule has 1 aromatic carbocycles. The molecule has 1 N–H and O–H groups in total. The lowest BCUT2D eigenvalue weighted by Crippen LogP contribution is -2.12.